The van der Waals surface area contributed by atoms with E-state index in [-0.39, 0.29) is 24.2 Å². The number of piperidine rings is 1. The van der Waals surface area contributed by atoms with Crippen LogP contribution in [-0.2, 0) is 9.59 Å². The Bertz CT molecular complexity index is 564. The lowest BCUT2D eigenvalue weighted by Gasteiger charge is -2.35. The highest BCUT2D eigenvalue weighted by molar-refractivity contribution is 5.85. The van der Waals surface area contributed by atoms with E-state index < -0.39 is 5.97 Å². The molecule has 0 aliphatic carbocycles. The minimum atomic E-state index is -0.747. The number of carbonyl (C=O) groups is 2. The summed E-state index contributed by atoms with van der Waals surface area (Å²) < 4.78 is 5.62. The molecule has 1 aromatic carbocycles. The maximum atomic E-state index is 12.8. The highest BCUT2D eigenvalue weighted by Crippen LogP contribution is 2.35. The Morgan fingerprint density at radius 3 is 2.64 bits per heavy atom. The number of carboxylic acid groups (broad SMARTS) is 1. The first kappa shape index (κ1) is 14.9. The molecule has 1 amide bonds. The van der Waals surface area contributed by atoms with Gasteiger partial charge in [0, 0.05) is 25.1 Å². The van der Waals surface area contributed by atoms with Gasteiger partial charge in [-0.3, -0.25) is 9.59 Å². The smallest absolute Gasteiger partial charge is 0.303 e. The molecule has 0 radical (unpaired) electrons. The van der Waals surface area contributed by atoms with Crippen LogP contribution >= 0.6 is 0 Å². The monoisotopic (exact) mass is 303 g/mol. The largest absolute Gasteiger partial charge is 0.493 e. The van der Waals surface area contributed by atoms with Crippen molar-refractivity contribution in [3.63, 3.8) is 0 Å². The summed E-state index contributed by atoms with van der Waals surface area (Å²) in [7, 11) is 0. The summed E-state index contributed by atoms with van der Waals surface area (Å²) in [5, 5.41) is 8.86. The predicted molar refractivity (Wildman–Crippen MR) is 80.9 cm³/mol. The Kier molecular flexibility index (Phi) is 4.32. The van der Waals surface area contributed by atoms with Crippen LogP contribution in [0.15, 0.2) is 24.3 Å². The van der Waals surface area contributed by atoms with E-state index in [2.05, 4.69) is 0 Å². The SMILES string of the molecule is O=C(O)CC1CCN(C(=O)C2CCOc3ccccc32)CC1. The molecule has 0 aromatic heterocycles. The average Bonchev–Trinajstić information content (AvgIpc) is 2.54. The van der Waals surface area contributed by atoms with Crippen molar-refractivity contribution < 1.29 is 19.4 Å². The summed E-state index contributed by atoms with van der Waals surface area (Å²) >= 11 is 0. The number of carboxylic acids is 1. The Hall–Kier alpha value is -2.04. The van der Waals surface area contributed by atoms with E-state index in [0.717, 1.165) is 24.2 Å². The number of amides is 1. The summed E-state index contributed by atoms with van der Waals surface area (Å²) in [5.74, 6) is 0.296. The molecule has 0 spiro atoms. The van der Waals surface area contributed by atoms with Crippen molar-refractivity contribution in [2.45, 2.75) is 31.6 Å². The van der Waals surface area contributed by atoms with E-state index in [0.29, 0.717) is 26.1 Å². The number of fused-ring (bicyclic) bond motifs is 1. The molecule has 0 saturated carbocycles. The molecule has 0 bridgehead atoms. The van der Waals surface area contributed by atoms with Crippen molar-refractivity contribution in [1.29, 1.82) is 0 Å². The lowest BCUT2D eigenvalue weighted by Crippen LogP contribution is -2.42. The first-order valence-electron chi connectivity index (χ1n) is 7.87. The predicted octanol–water partition coefficient (Wildman–Crippen LogP) is 2.27. The van der Waals surface area contributed by atoms with Gasteiger partial charge in [-0.15, -0.1) is 0 Å². The van der Waals surface area contributed by atoms with Gasteiger partial charge in [-0.05, 0) is 31.2 Å². The number of para-hydroxylation sites is 1. The topological polar surface area (TPSA) is 66.8 Å². The summed E-state index contributed by atoms with van der Waals surface area (Å²) in [5.41, 5.74) is 0.978. The zero-order valence-electron chi connectivity index (χ0n) is 12.5. The number of rotatable bonds is 3. The van der Waals surface area contributed by atoms with Gasteiger partial charge in [0.2, 0.25) is 5.91 Å². The van der Waals surface area contributed by atoms with Crippen LogP contribution < -0.4 is 4.74 Å². The van der Waals surface area contributed by atoms with E-state index in [1.165, 1.54) is 0 Å². The van der Waals surface area contributed by atoms with E-state index in [9.17, 15) is 9.59 Å². The van der Waals surface area contributed by atoms with Crippen molar-refractivity contribution in [1.82, 2.24) is 4.90 Å². The van der Waals surface area contributed by atoms with Gasteiger partial charge >= 0.3 is 5.97 Å². The molecular formula is C17H21NO4. The molecule has 5 heteroatoms. The number of ether oxygens (including phenoxy) is 1. The van der Waals surface area contributed by atoms with Crippen molar-refractivity contribution in [2.75, 3.05) is 19.7 Å². The first-order valence-corrected chi connectivity index (χ1v) is 7.87. The van der Waals surface area contributed by atoms with Gasteiger partial charge in [-0.25, -0.2) is 0 Å². The molecule has 2 heterocycles. The third-order valence-electron chi connectivity index (χ3n) is 4.65. The van der Waals surface area contributed by atoms with E-state index in [1.807, 2.05) is 29.2 Å². The van der Waals surface area contributed by atoms with Gasteiger partial charge in [-0.1, -0.05) is 18.2 Å². The lowest BCUT2D eigenvalue weighted by atomic mass is 9.89. The van der Waals surface area contributed by atoms with Gasteiger partial charge in [0.25, 0.3) is 0 Å². The Labute approximate surface area is 129 Å². The maximum absolute atomic E-state index is 12.8. The molecule has 1 N–H and O–H groups in total. The summed E-state index contributed by atoms with van der Waals surface area (Å²) in [4.78, 5) is 25.5. The van der Waals surface area contributed by atoms with Crippen LogP contribution in [0.1, 0.15) is 37.2 Å². The molecule has 1 saturated heterocycles. The molecule has 2 aliphatic heterocycles. The fourth-order valence-corrected chi connectivity index (χ4v) is 3.42. The average molecular weight is 303 g/mol. The zero-order chi connectivity index (χ0) is 15.5. The molecule has 1 fully saturated rings. The summed E-state index contributed by atoms with van der Waals surface area (Å²) in [6.45, 7) is 1.90. The highest BCUT2D eigenvalue weighted by Gasteiger charge is 2.33. The molecule has 1 atom stereocenters. The van der Waals surface area contributed by atoms with E-state index >= 15 is 0 Å². The number of nitrogens with zero attached hydrogens (tertiary/aromatic N) is 1. The van der Waals surface area contributed by atoms with Crippen LogP contribution in [0.2, 0.25) is 0 Å². The Morgan fingerprint density at radius 2 is 1.91 bits per heavy atom. The van der Waals surface area contributed by atoms with Gasteiger partial charge in [0.1, 0.15) is 5.75 Å². The van der Waals surface area contributed by atoms with Crippen LogP contribution in [-0.4, -0.2) is 41.6 Å². The molecule has 3 rings (SSSR count). The van der Waals surface area contributed by atoms with Crippen molar-refractivity contribution in [2.24, 2.45) is 5.92 Å². The van der Waals surface area contributed by atoms with E-state index in [1.54, 1.807) is 0 Å². The quantitative estimate of drug-likeness (QED) is 0.930. The second-order valence-corrected chi connectivity index (χ2v) is 6.09. The standard InChI is InChI=1S/C17H21NO4/c19-16(20)11-12-5-8-18(9-6-12)17(21)14-7-10-22-15-4-2-1-3-13(14)15/h1-4,12,14H,5-11H2,(H,19,20). The molecule has 1 aromatic rings. The first-order chi connectivity index (χ1) is 10.6. The number of carbonyl (C=O) groups excluding carboxylic acids is 1. The number of benzene rings is 1. The molecule has 5 nitrogen and oxygen atoms in total. The number of likely N-dealkylation sites (tertiary alicyclic amines) is 1. The number of hydrogen-bond donors (Lipinski definition) is 1. The second kappa shape index (κ2) is 6.38. The molecular weight excluding hydrogens is 282 g/mol. The summed E-state index contributed by atoms with van der Waals surface area (Å²) in [6.07, 6.45) is 2.48. The van der Waals surface area contributed by atoms with Crippen molar-refractivity contribution >= 4 is 11.9 Å². The Balaban J connectivity index is 1.65. The highest BCUT2D eigenvalue weighted by atomic mass is 16.5. The van der Waals surface area contributed by atoms with Crippen LogP contribution in [0.3, 0.4) is 0 Å². The van der Waals surface area contributed by atoms with Crippen LogP contribution in [0.4, 0.5) is 0 Å². The van der Waals surface area contributed by atoms with Crippen LogP contribution in [0.25, 0.3) is 0 Å². The third kappa shape index (κ3) is 3.08. The molecule has 2 aliphatic rings. The summed E-state index contributed by atoms with van der Waals surface area (Å²) in [6, 6.07) is 7.73. The second-order valence-electron chi connectivity index (χ2n) is 6.09. The number of aliphatic carboxylic acids is 1. The minimum absolute atomic E-state index is 0.124. The van der Waals surface area contributed by atoms with Crippen LogP contribution in [0.5, 0.6) is 5.75 Å². The van der Waals surface area contributed by atoms with Crippen molar-refractivity contribution in [3.05, 3.63) is 29.8 Å². The van der Waals surface area contributed by atoms with Gasteiger partial charge < -0.3 is 14.7 Å². The molecule has 1 unspecified atom stereocenters. The lowest BCUT2D eigenvalue weighted by molar-refractivity contribution is -0.139. The van der Waals surface area contributed by atoms with Gasteiger partial charge in [0.15, 0.2) is 0 Å². The van der Waals surface area contributed by atoms with Gasteiger partial charge in [-0.2, -0.15) is 0 Å². The van der Waals surface area contributed by atoms with E-state index in [4.69, 9.17) is 9.84 Å². The third-order valence-corrected chi connectivity index (χ3v) is 4.65. The normalized spacial score (nSPS) is 21.8. The minimum Gasteiger partial charge on any atom is -0.493 e. The molecule has 118 valence electrons. The molecule has 22 heavy (non-hydrogen) atoms. The van der Waals surface area contributed by atoms with Crippen LogP contribution in [0, 0.1) is 5.92 Å². The maximum Gasteiger partial charge on any atom is 0.303 e. The fourth-order valence-electron chi connectivity index (χ4n) is 3.42. The Morgan fingerprint density at radius 1 is 1.18 bits per heavy atom. The van der Waals surface area contributed by atoms with Gasteiger partial charge in [0.05, 0.1) is 12.5 Å². The zero-order valence-corrected chi connectivity index (χ0v) is 12.5. The fraction of sp³-hybridized carbons (Fsp3) is 0.529. The van der Waals surface area contributed by atoms with Crippen molar-refractivity contribution in [3.8, 4) is 5.75 Å². The number of hydrogen-bond acceptors (Lipinski definition) is 3.